The van der Waals surface area contributed by atoms with Gasteiger partial charge in [0.05, 0.1) is 12.2 Å². The van der Waals surface area contributed by atoms with Gasteiger partial charge in [0.25, 0.3) is 0 Å². The van der Waals surface area contributed by atoms with Crippen LogP contribution < -0.4 is 5.73 Å². The van der Waals surface area contributed by atoms with E-state index < -0.39 is 0 Å². The maximum Gasteiger partial charge on any atom is 0.340 e. The van der Waals surface area contributed by atoms with Crippen LogP contribution in [0.25, 0.3) is 0 Å². The van der Waals surface area contributed by atoms with Gasteiger partial charge in [0, 0.05) is 5.69 Å². The van der Waals surface area contributed by atoms with Crippen molar-refractivity contribution in [2.24, 2.45) is 0 Å². The second kappa shape index (κ2) is 7.75. The number of benzene rings is 1. The summed E-state index contributed by atoms with van der Waals surface area (Å²) in [4.78, 5) is 11.9. The van der Waals surface area contributed by atoms with Gasteiger partial charge in [-0.2, -0.15) is 0 Å². The van der Waals surface area contributed by atoms with E-state index in [1.54, 1.807) is 6.07 Å². The molecule has 0 spiro atoms. The van der Waals surface area contributed by atoms with Gasteiger partial charge in [0.15, 0.2) is 0 Å². The molecule has 0 atom stereocenters. The highest BCUT2D eigenvalue weighted by Crippen LogP contribution is 2.17. The van der Waals surface area contributed by atoms with Gasteiger partial charge >= 0.3 is 5.97 Å². The van der Waals surface area contributed by atoms with E-state index in [0.29, 0.717) is 17.9 Å². The number of rotatable bonds is 7. The maximum absolute atomic E-state index is 11.9. The van der Waals surface area contributed by atoms with Crippen molar-refractivity contribution in [2.45, 2.75) is 46.0 Å². The highest BCUT2D eigenvalue weighted by atomic mass is 16.5. The van der Waals surface area contributed by atoms with E-state index in [1.807, 2.05) is 19.1 Å². The minimum atomic E-state index is -0.305. The summed E-state index contributed by atoms with van der Waals surface area (Å²) in [7, 11) is 0. The third-order valence-corrected chi connectivity index (χ3v) is 2.99. The number of hydrogen-bond donors (Lipinski definition) is 1. The monoisotopic (exact) mass is 249 g/mol. The minimum Gasteiger partial charge on any atom is -0.462 e. The van der Waals surface area contributed by atoms with Crippen LogP contribution in [0.4, 0.5) is 5.69 Å². The lowest BCUT2D eigenvalue weighted by Crippen LogP contribution is -2.11. The number of ether oxygens (including phenoxy) is 1. The summed E-state index contributed by atoms with van der Waals surface area (Å²) in [5, 5.41) is 0. The average molecular weight is 249 g/mol. The number of esters is 1. The first-order valence-corrected chi connectivity index (χ1v) is 6.69. The number of hydrogen-bond acceptors (Lipinski definition) is 3. The molecule has 18 heavy (non-hydrogen) atoms. The molecule has 0 amide bonds. The lowest BCUT2D eigenvalue weighted by molar-refractivity contribution is 0.0498. The molecule has 100 valence electrons. The molecule has 0 aromatic heterocycles. The first-order valence-electron chi connectivity index (χ1n) is 6.69. The van der Waals surface area contributed by atoms with Gasteiger partial charge in [0.1, 0.15) is 0 Å². The fourth-order valence-corrected chi connectivity index (χ4v) is 1.91. The van der Waals surface area contributed by atoms with Crippen molar-refractivity contribution in [1.29, 1.82) is 0 Å². The standard InChI is InChI=1S/C15H23NO2/c1-3-4-5-6-7-11-18-15(17)14-12(2)9-8-10-13(14)16/h8-10H,3-7,11,16H2,1-2H3. The zero-order valence-corrected chi connectivity index (χ0v) is 11.4. The molecule has 0 fully saturated rings. The van der Waals surface area contributed by atoms with Gasteiger partial charge in [-0.1, -0.05) is 44.7 Å². The summed E-state index contributed by atoms with van der Waals surface area (Å²) in [6.07, 6.45) is 5.72. The predicted molar refractivity (Wildman–Crippen MR) is 74.6 cm³/mol. The van der Waals surface area contributed by atoms with Crippen LogP contribution in [0, 0.1) is 6.92 Å². The first kappa shape index (κ1) is 14.6. The normalized spacial score (nSPS) is 10.3. The molecule has 2 N–H and O–H groups in total. The Morgan fingerprint density at radius 2 is 1.94 bits per heavy atom. The first-order chi connectivity index (χ1) is 8.66. The molecule has 1 aromatic rings. The molecule has 3 heteroatoms. The van der Waals surface area contributed by atoms with E-state index in [1.165, 1.54) is 19.3 Å². The van der Waals surface area contributed by atoms with Crippen molar-refractivity contribution in [3.05, 3.63) is 29.3 Å². The summed E-state index contributed by atoms with van der Waals surface area (Å²) in [6.45, 7) is 4.53. The SMILES string of the molecule is CCCCCCCOC(=O)c1c(C)cccc1N. The average Bonchev–Trinajstić information content (AvgIpc) is 2.33. The van der Waals surface area contributed by atoms with Crippen LogP contribution in [0.2, 0.25) is 0 Å². The number of carbonyl (C=O) groups excluding carboxylic acids is 1. The molecule has 0 aliphatic heterocycles. The van der Waals surface area contributed by atoms with E-state index >= 15 is 0 Å². The summed E-state index contributed by atoms with van der Waals surface area (Å²) < 4.78 is 5.25. The third-order valence-electron chi connectivity index (χ3n) is 2.99. The lowest BCUT2D eigenvalue weighted by atomic mass is 10.1. The summed E-state index contributed by atoms with van der Waals surface area (Å²) in [5.74, 6) is -0.305. The van der Waals surface area contributed by atoms with Gasteiger partial charge in [-0.05, 0) is 25.0 Å². The van der Waals surface area contributed by atoms with Gasteiger partial charge in [0.2, 0.25) is 0 Å². The number of nitrogen functional groups attached to an aromatic ring is 1. The molecule has 0 unspecified atom stereocenters. The fraction of sp³-hybridized carbons (Fsp3) is 0.533. The largest absolute Gasteiger partial charge is 0.462 e. The lowest BCUT2D eigenvalue weighted by Gasteiger charge is -2.09. The second-order valence-electron chi connectivity index (χ2n) is 4.59. The van der Waals surface area contributed by atoms with E-state index in [4.69, 9.17) is 10.5 Å². The number of anilines is 1. The van der Waals surface area contributed by atoms with Crippen molar-refractivity contribution in [3.63, 3.8) is 0 Å². The van der Waals surface area contributed by atoms with Crippen LogP contribution >= 0.6 is 0 Å². The summed E-state index contributed by atoms with van der Waals surface area (Å²) in [6, 6.07) is 5.44. The smallest absolute Gasteiger partial charge is 0.340 e. The molecular formula is C15H23NO2. The minimum absolute atomic E-state index is 0.305. The Balaban J connectivity index is 2.37. The van der Waals surface area contributed by atoms with Gasteiger partial charge in [-0.25, -0.2) is 4.79 Å². The van der Waals surface area contributed by atoms with Crippen LogP contribution in [0.15, 0.2) is 18.2 Å². The molecule has 1 rings (SSSR count). The second-order valence-corrected chi connectivity index (χ2v) is 4.59. The van der Waals surface area contributed by atoms with E-state index in [-0.39, 0.29) is 5.97 Å². The molecule has 0 aliphatic carbocycles. The van der Waals surface area contributed by atoms with Crippen molar-refractivity contribution < 1.29 is 9.53 Å². The van der Waals surface area contributed by atoms with E-state index in [9.17, 15) is 4.79 Å². The summed E-state index contributed by atoms with van der Waals surface area (Å²) >= 11 is 0. The van der Waals surface area contributed by atoms with Crippen LogP contribution in [0.3, 0.4) is 0 Å². The van der Waals surface area contributed by atoms with E-state index in [0.717, 1.165) is 18.4 Å². The van der Waals surface area contributed by atoms with Crippen LogP contribution in [0.5, 0.6) is 0 Å². The van der Waals surface area contributed by atoms with Crippen LogP contribution in [-0.2, 0) is 4.74 Å². The third kappa shape index (κ3) is 4.40. The van der Waals surface area contributed by atoms with Crippen molar-refractivity contribution in [3.8, 4) is 0 Å². The molecule has 0 aliphatic rings. The molecule has 0 bridgehead atoms. The number of aryl methyl sites for hydroxylation is 1. The van der Waals surface area contributed by atoms with Crippen molar-refractivity contribution in [1.82, 2.24) is 0 Å². The fourth-order valence-electron chi connectivity index (χ4n) is 1.91. The van der Waals surface area contributed by atoms with Gasteiger partial charge < -0.3 is 10.5 Å². The van der Waals surface area contributed by atoms with E-state index in [2.05, 4.69) is 6.92 Å². The molecule has 0 saturated carbocycles. The number of unbranched alkanes of at least 4 members (excludes halogenated alkanes) is 4. The number of carbonyl (C=O) groups is 1. The predicted octanol–water partition coefficient (Wildman–Crippen LogP) is 3.70. The number of nitrogens with two attached hydrogens (primary N) is 1. The Bertz CT molecular complexity index is 368. The Kier molecular flexibility index (Phi) is 6.26. The Hall–Kier alpha value is -1.51. The molecule has 0 heterocycles. The van der Waals surface area contributed by atoms with Crippen molar-refractivity contribution >= 4 is 11.7 Å². The highest BCUT2D eigenvalue weighted by Gasteiger charge is 2.13. The molecule has 1 aromatic carbocycles. The van der Waals surface area contributed by atoms with Crippen molar-refractivity contribution in [2.75, 3.05) is 12.3 Å². The molecular weight excluding hydrogens is 226 g/mol. The Morgan fingerprint density at radius 3 is 2.61 bits per heavy atom. The zero-order valence-electron chi connectivity index (χ0n) is 11.4. The van der Waals surface area contributed by atoms with Crippen LogP contribution in [-0.4, -0.2) is 12.6 Å². The topological polar surface area (TPSA) is 52.3 Å². The maximum atomic E-state index is 11.9. The molecule has 3 nitrogen and oxygen atoms in total. The Labute approximate surface area is 109 Å². The molecule has 0 saturated heterocycles. The molecule has 0 radical (unpaired) electrons. The van der Waals surface area contributed by atoms with Gasteiger partial charge in [-0.15, -0.1) is 0 Å². The zero-order chi connectivity index (χ0) is 13.4. The quantitative estimate of drug-likeness (QED) is 0.455. The van der Waals surface area contributed by atoms with Gasteiger partial charge in [-0.3, -0.25) is 0 Å². The summed E-state index contributed by atoms with van der Waals surface area (Å²) in [5.41, 5.74) is 7.66. The highest BCUT2D eigenvalue weighted by molar-refractivity contribution is 5.96. The Morgan fingerprint density at radius 1 is 1.22 bits per heavy atom. The van der Waals surface area contributed by atoms with Crippen LogP contribution in [0.1, 0.15) is 54.9 Å².